The molecule has 0 aliphatic carbocycles. The molecular weight excluding hydrogens is 221 g/mol. The van der Waals surface area contributed by atoms with Crippen LogP contribution in [0, 0.1) is 18.7 Å². The van der Waals surface area contributed by atoms with Crippen LogP contribution in [-0.4, -0.2) is 29.2 Å². The number of anilines is 1. The highest BCUT2D eigenvalue weighted by Crippen LogP contribution is 2.22. The van der Waals surface area contributed by atoms with Crippen LogP contribution in [0.2, 0.25) is 0 Å². The Labute approximate surface area is 101 Å². The molecule has 0 bridgehead atoms. The molecule has 2 rings (SSSR count). The Balaban J connectivity index is 2.01. The third kappa shape index (κ3) is 2.91. The summed E-state index contributed by atoms with van der Waals surface area (Å²) in [5.74, 6) is 0.460. The van der Waals surface area contributed by atoms with E-state index in [1.165, 1.54) is 6.33 Å². The fraction of sp³-hybridized carbons (Fsp3) is 0.667. The summed E-state index contributed by atoms with van der Waals surface area (Å²) in [6.45, 7) is 5.29. The van der Waals surface area contributed by atoms with Gasteiger partial charge in [0, 0.05) is 19.3 Å². The lowest BCUT2D eigenvalue weighted by Crippen LogP contribution is -2.31. The molecule has 5 heteroatoms. The third-order valence-electron chi connectivity index (χ3n) is 3.30. The number of nitrogens with one attached hydrogen (secondary N) is 1. The number of aryl methyl sites for hydroxylation is 1. The van der Waals surface area contributed by atoms with Crippen LogP contribution in [0.3, 0.4) is 0 Å². The zero-order valence-corrected chi connectivity index (χ0v) is 10.2. The van der Waals surface area contributed by atoms with E-state index in [1.54, 1.807) is 6.92 Å². The van der Waals surface area contributed by atoms with Crippen LogP contribution in [0.25, 0.3) is 0 Å². The lowest BCUT2D eigenvalue weighted by Gasteiger charge is -2.28. The number of nitrogens with zero attached hydrogens (tertiary/aromatic N) is 2. The first kappa shape index (κ1) is 12.2. The van der Waals surface area contributed by atoms with Gasteiger partial charge in [0.2, 0.25) is 0 Å². The van der Waals surface area contributed by atoms with E-state index in [9.17, 15) is 4.39 Å². The molecule has 1 fully saturated rings. The number of halogens is 1. The summed E-state index contributed by atoms with van der Waals surface area (Å²) in [5.41, 5.74) is 0.377. The molecule has 1 atom stereocenters. The standard InChI is InChI=1S/C12H18FN3O/c1-8(10-3-5-17-6-4-10)16-12-11(13)9(2)14-7-15-12/h7-8,10H,3-6H2,1-2H3,(H,14,15,16). The fourth-order valence-electron chi connectivity index (χ4n) is 2.11. The van der Waals surface area contributed by atoms with Gasteiger partial charge in [-0.3, -0.25) is 0 Å². The highest BCUT2D eigenvalue weighted by atomic mass is 19.1. The van der Waals surface area contributed by atoms with Gasteiger partial charge in [0.25, 0.3) is 0 Å². The first-order valence-corrected chi connectivity index (χ1v) is 6.00. The second kappa shape index (κ2) is 5.40. The maximum absolute atomic E-state index is 13.7. The van der Waals surface area contributed by atoms with E-state index in [1.807, 2.05) is 0 Å². The summed E-state index contributed by atoms with van der Waals surface area (Å²) in [4.78, 5) is 7.76. The molecule has 1 saturated heterocycles. The van der Waals surface area contributed by atoms with E-state index in [-0.39, 0.29) is 11.9 Å². The topological polar surface area (TPSA) is 47.0 Å². The van der Waals surface area contributed by atoms with Crippen LogP contribution in [0.1, 0.15) is 25.5 Å². The molecule has 0 saturated carbocycles. The molecule has 1 aromatic rings. The van der Waals surface area contributed by atoms with Gasteiger partial charge in [0.15, 0.2) is 11.6 Å². The van der Waals surface area contributed by atoms with Gasteiger partial charge in [-0.1, -0.05) is 0 Å². The average Bonchev–Trinajstić information content (AvgIpc) is 2.36. The molecule has 17 heavy (non-hydrogen) atoms. The van der Waals surface area contributed by atoms with E-state index in [0.29, 0.717) is 17.4 Å². The van der Waals surface area contributed by atoms with Crippen LogP contribution in [0.4, 0.5) is 10.2 Å². The molecule has 1 aliphatic rings. The molecule has 0 radical (unpaired) electrons. The Kier molecular flexibility index (Phi) is 3.89. The van der Waals surface area contributed by atoms with E-state index >= 15 is 0 Å². The monoisotopic (exact) mass is 239 g/mol. The molecule has 94 valence electrons. The number of rotatable bonds is 3. The number of hydrogen-bond donors (Lipinski definition) is 1. The van der Waals surface area contributed by atoms with Crippen molar-refractivity contribution in [1.29, 1.82) is 0 Å². The van der Waals surface area contributed by atoms with Crippen LogP contribution in [-0.2, 0) is 4.74 Å². The van der Waals surface area contributed by atoms with E-state index in [0.717, 1.165) is 26.1 Å². The second-order valence-electron chi connectivity index (χ2n) is 4.50. The minimum Gasteiger partial charge on any atom is -0.381 e. The van der Waals surface area contributed by atoms with E-state index in [4.69, 9.17) is 4.74 Å². The summed E-state index contributed by atoms with van der Waals surface area (Å²) in [5, 5.41) is 3.14. The smallest absolute Gasteiger partial charge is 0.186 e. The third-order valence-corrected chi connectivity index (χ3v) is 3.30. The van der Waals surface area contributed by atoms with Crippen molar-refractivity contribution < 1.29 is 9.13 Å². The van der Waals surface area contributed by atoms with Gasteiger partial charge >= 0.3 is 0 Å². The first-order chi connectivity index (χ1) is 8.18. The number of aromatic nitrogens is 2. The van der Waals surface area contributed by atoms with Crippen molar-refractivity contribution in [3.8, 4) is 0 Å². The van der Waals surface area contributed by atoms with Crippen LogP contribution < -0.4 is 5.32 Å². The predicted octanol–water partition coefficient (Wildman–Crippen LogP) is 2.15. The van der Waals surface area contributed by atoms with Crippen molar-refractivity contribution in [3.05, 3.63) is 17.8 Å². The molecule has 4 nitrogen and oxygen atoms in total. The Morgan fingerprint density at radius 3 is 2.82 bits per heavy atom. The summed E-state index contributed by atoms with van der Waals surface area (Å²) < 4.78 is 19.0. The number of hydrogen-bond acceptors (Lipinski definition) is 4. The maximum atomic E-state index is 13.7. The highest BCUT2D eigenvalue weighted by molar-refractivity contribution is 5.37. The summed E-state index contributed by atoms with van der Waals surface area (Å²) in [7, 11) is 0. The largest absolute Gasteiger partial charge is 0.381 e. The van der Waals surface area contributed by atoms with Crippen molar-refractivity contribution in [2.45, 2.75) is 32.7 Å². The first-order valence-electron chi connectivity index (χ1n) is 6.00. The molecule has 2 heterocycles. The Morgan fingerprint density at radius 2 is 2.12 bits per heavy atom. The Bertz CT molecular complexity index is 380. The van der Waals surface area contributed by atoms with Crippen LogP contribution in [0.15, 0.2) is 6.33 Å². The molecule has 1 aromatic heterocycles. The van der Waals surface area contributed by atoms with Gasteiger partial charge in [0.1, 0.15) is 6.33 Å². The fourth-order valence-corrected chi connectivity index (χ4v) is 2.11. The van der Waals surface area contributed by atoms with Gasteiger partial charge in [-0.15, -0.1) is 0 Å². The maximum Gasteiger partial charge on any atom is 0.186 e. The van der Waals surface area contributed by atoms with Crippen molar-refractivity contribution >= 4 is 5.82 Å². The van der Waals surface area contributed by atoms with Gasteiger partial charge in [-0.05, 0) is 32.6 Å². The van der Waals surface area contributed by atoms with Crippen molar-refractivity contribution in [2.75, 3.05) is 18.5 Å². The zero-order valence-electron chi connectivity index (χ0n) is 10.2. The van der Waals surface area contributed by atoms with Gasteiger partial charge < -0.3 is 10.1 Å². The molecular formula is C12H18FN3O. The minimum absolute atomic E-state index is 0.197. The van der Waals surface area contributed by atoms with Crippen molar-refractivity contribution in [3.63, 3.8) is 0 Å². The Hall–Kier alpha value is -1.23. The van der Waals surface area contributed by atoms with Crippen LogP contribution >= 0.6 is 0 Å². The molecule has 1 aliphatic heterocycles. The highest BCUT2D eigenvalue weighted by Gasteiger charge is 2.21. The second-order valence-corrected chi connectivity index (χ2v) is 4.50. The molecule has 0 aromatic carbocycles. The quantitative estimate of drug-likeness (QED) is 0.878. The minimum atomic E-state index is -0.355. The lowest BCUT2D eigenvalue weighted by molar-refractivity contribution is 0.0622. The van der Waals surface area contributed by atoms with Crippen molar-refractivity contribution in [2.24, 2.45) is 5.92 Å². The molecule has 1 N–H and O–H groups in total. The Morgan fingerprint density at radius 1 is 1.41 bits per heavy atom. The van der Waals surface area contributed by atoms with Crippen molar-refractivity contribution in [1.82, 2.24) is 9.97 Å². The molecule has 0 spiro atoms. The number of ether oxygens (including phenoxy) is 1. The van der Waals surface area contributed by atoms with E-state index in [2.05, 4.69) is 22.2 Å². The van der Waals surface area contributed by atoms with Gasteiger partial charge in [0.05, 0.1) is 5.69 Å². The average molecular weight is 239 g/mol. The predicted molar refractivity (Wildman–Crippen MR) is 63.4 cm³/mol. The normalized spacial score (nSPS) is 19.0. The van der Waals surface area contributed by atoms with Gasteiger partial charge in [-0.25, -0.2) is 14.4 Å². The summed E-state index contributed by atoms with van der Waals surface area (Å²) in [6.07, 6.45) is 3.41. The summed E-state index contributed by atoms with van der Waals surface area (Å²) >= 11 is 0. The SMILES string of the molecule is Cc1ncnc(NC(C)C2CCOCC2)c1F. The zero-order chi connectivity index (χ0) is 12.3. The van der Waals surface area contributed by atoms with Gasteiger partial charge in [-0.2, -0.15) is 0 Å². The molecule has 0 amide bonds. The lowest BCUT2D eigenvalue weighted by atomic mass is 9.93. The summed E-state index contributed by atoms with van der Waals surface area (Å²) in [6, 6.07) is 0.197. The van der Waals surface area contributed by atoms with Crippen LogP contribution in [0.5, 0.6) is 0 Å². The molecule has 1 unspecified atom stereocenters. The van der Waals surface area contributed by atoms with E-state index < -0.39 is 0 Å².